The first-order valence-electron chi connectivity index (χ1n) is 9.63. The van der Waals surface area contributed by atoms with Crippen molar-refractivity contribution in [3.8, 4) is 5.75 Å². The molecule has 0 saturated carbocycles. The summed E-state index contributed by atoms with van der Waals surface area (Å²) in [6, 6.07) is 8.05. The van der Waals surface area contributed by atoms with Gasteiger partial charge in [-0.1, -0.05) is 12.1 Å². The molecule has 1 aromatic rings. The molecule has 0 bridgehead atoms. The van der Waals surface area contributed by atoms with E-state index in [0.29, 0.717) is 19.8 Å². The lowest BCUT2D eigenvalue weighted by molar-refractivity contribution is -0.130. The fourth-order valence-electron chi connectivity index (χ4n) is 2.95. The third-order valence-corrected chi connectivity index (χ3v) is 4.43. The average Bonchev–Trinajstić information content (AvgIpc) is 2.69. The predicted molar refractivity (Wildman–Crippen MR) is 107 cm³/mol. The molecule has 27 heavy (non-hydrogen) atoms. The van der Waals surface area contributed by atoms with Crippen molar-refractivity contribution in [2.24, 2.45) is 4.99 Å². The summed E-state index contributed by atoms with van der Waals surface area (Å²) in [6.45, 7) is 9.52. The number of guanidine groups is 1. The molecule has 0 aromatic heterocycles. The number of aliphatic imine (C=N–C) groups is 1. The van der Waals surface area contributed by atoms with Crippen LogP contribution in [0.1, 0.15) is 25.8 Å². The largest absolute Gasteiger partial charge is 0.493 e. The van der Waals surface area contributed by atoms with Gasteiger partial charge in [0.15, 0.2) is 5.96 Å². The van der Waals surface area contributed by atoms with Gasteiger partial charge in [-0.15, -0.1) is 0 Å². The molecule has 0 spiro atoms. The summed E-state index contributed by atoms with van der Waals surface area (Å²) < 4.78 is 10.8. The molecule has 1 aliphatic rings. The number of amides is 1. The van der Waals surface area contributed by atoms with Crippen molar-refractivity contribution in [1.82, 2.24) is 15.1 Å². The van der Waals surface area contributed by atoms with Crippen molar-refractivity contribution in [2.75, 3.05) is 53.0 Å². The van der Waals surface area contributed by atoms with Crippen molar-refractivity contribution < 1.29 is 14.3 Å². The Bertz CT molecular complexity index is 613. The van der Waals surface area contributed by atoms with E-state index in [9.17, 15) is 4.79 Å². The molecule has 1 amide bonds. The molecule has 1 heterocycles. The van der Waals surface area contributed by atoms with E-state index in [0.717, 1.165) is 56.4 Å². The van der Waals surface area contributed by atoms with Crippen LogP contribution in [0.5, 0.6) is 5.75 Å². The number of methoxy groups -OCH3 is 1. The number of ether oxygens (including phenoxy) is 2. The van der Waals surface area contributed by atoms with Crippen LogP contribution >= 0.6 is 0 Å². The summed E-state index contributed by atoms with van der Waals surface area (Å²) in [5, 5.41) is 3.36. The molecule has 1 N–H and O–H groups in total. The number of hydrogen-bond acceptors (Lipinski definition) is 4. The van der Waals surface area contributed by atoms with Gasteiger partial charge in [-0.05, 0) is 24.6 Å². The van der Waals surface area contributed by atoms with Gasteiger partial charge in [0.1, 0.15) is 5.75 Å². The van der Waals surface area contributed by atoms with Crippen LogP contribution in [-0.2, 0) is 16.1 Å². The second kappa shape index (κ2) is 11.4. The SMILES string of the molecule is CCNC(=NCc1cccc(OCCCOC)c1)N1CCN(C(C)=O)CC1. The highest BCUT2D eigenvalue weighted by Crippen LogP contribution is 2.15. The first-order chi connectivity index (χ1) is 13.1. The number of carbonyl (C=O) groups is 1. The zero-order valence-corrected chi connectivity index (χ0v) is 16.7. The second-order valence-electron chi connectivity index (χ2n) is 6.51. The fourth-order valence-corrected chi connectivity index (χ4v) is 2.95. The maximum Gasteiger partial charge on any atom is 0.219 e. The van der Waals surface area contributed by atoms with Crippen LogP contribution in [-0.4, -0.2) is 74.7 Å². The first-order valence-corrected chi connectivity index (χ1v) is 9.63. The molecule has 1 aliphatic heterocycles. The van der Waals surface area contributed by atoms with Crippen LogP contribution in [0, 0.1) is 0 Å². The highest BCUT2D eigenvalue weighted by Gasteiger charge is 2.20. The number of nitrogens with one attached hydrogen (secondary N) is 1. The molecule has 0 atom stereocenters. The van der Waals surface area contributed by atoms with Crippen molar-refractivity contribution in [2.45, 2.75) is 26.8 Å². The number of rotatable bonds is 8. The predicted octanol–water partition coefficient (Wildman–Crippen LogP) is 1.73. The molecule has 7 heteroatoms. The van der Waals surface area contributed by atoms with E-state index in [1.165, 1.54) is 0 Å². The highest BCUT2D eigenvalue weighted by atomic mass is 16.5. The van der Waals surface area contributed by atoms with Crippen molar-refractivity contribution in [3.05, 3.63) is 29.8 Å². The van der Waals surface area contributed by atoms with Crippen molar-refractivity contribution >= 4 is 11.9 Å². The molecule has 150 valence electrons. The van der Waals surface area contributed by atoms with Gasteiger partial charge >= 0.3 is 0 Å². The minimum absolute atomic E-state index is 0.138. The molecular formula is C20H32N4O3. The average molecular weight is 377 g/mol. The topological polar surface area (TPSA) is 66.4 Å². The van der Waals surface area contributed by atoms with Crippen LogP contribution in [0.15, 0.2) is 29.3 Å². The van der Waals surface area contributed by atoms with E-state index in [4.69, 9.17) is 14.5 Å². The third kappa shape index (κ3) is 7.09. The quantitative estimate of drug-likeness (QED) is 0.425. The minimum Gasteiger partial charge on any atom is -0.493 e. The molecule has 0 unspecified atom stereocenters. The molecule has 1 fully saturated rings. The van der Waals surface area contributed by atoms with Crippen LogP contribution < -0.4 is 10.1 Å². The summed E-state index contributed by atoms with van der Waals surface area (Å²) in [7, 11) is 1.69. The Hall–Kier alpha value is -2.28. The Labute approximate surface area is 162 Å². The number of benzene rings is 1. The van der Waals surface area contributed by atoms with Crippen LogP contribution in [0.4, 0.5) is 0 Å². The standard InChI is InChI=1S/C20H32N4O3/c1-4-21-20(24-11-9-23(10-12-24)17(2)25)22-16-18-7-5-8-19(15-18)27-14-6-13-26-3/h5,7-8,15H,4,6,9-14,16H2,1-3H3,(H,21,22). The minimum atomic E-state index is 0.138. The van der Waals surface area contributed by atoms with Gasteiger partial charge in [0.25, 0.3) is 0 Å². The van der Waals surface area contributed by atoms with Gasteiger partial charge in [0, 0.05) is 59.8 Å². The summed E-state index contributed by atoms with van der Waals surface area (Å²) in [4.78, 5) is 20.4. The van der Waals surface area contributed by atoms with E-state index >= 15 is 0 Å². The molecule has 0 aliphatic carbocycles. The van der Waals surface area contributed by atoms with Crippen LogP contribution in [0.3, 0.4) is 0 Å². The lowest BCUT2D eigenvalue weighted by Crippen LogP contribution is -2.53. The van der Waals surface area contributed by atoms with Crippen LogP contribution in [0.25, 0.3) is 0 Å². The number of piperazine rings is 1. The number of carbonyl (C=O) groups excluding carboxylic acids is 1. The highest BCUT2D eigenvalue weighted by molar-refractivity contribution is 5.80. The van der Waals surface area contributed by atoms with E-state index < -0.39 is 0 Å². The molecule has 1 saturated heterocycles. The normalized spacial score (nSPS) is 15.0. The Morgan fingerprint density at radius 2 is 1.93 bits per heavy atom. The van der Waals surface area contributed by atoms with Gasteiger partial charge < -0.3 is 24.6 Å². The van der Waals surface area contributed by atoms with E-state index in [-0.39, 0.29) is 5.91 Å². The summed E-state index contributed by atoms with van der Waals surface area (Å²) >= 11 is 0. The van der Waals surface area contributed by atoms with Crippen molar-refractivity contribution in [1.29, 1.82) is 0 Å². The Morgan fingerprint density at radius 1 is 1.19 bits per heavy atom. The van der Waals surface area contributed by atoms with E-state index in [1.807, 2.05) is 23.1 Å². The molecule has 7 nitrogen and oxygen atoms in total. The van der Waals surface area contributed by atoms with Crippen molar-refractivity contribution in [3.63, 3.8) is 0 Å². The number of hydrogen-bond donors (Lipinski definition) is 1. The van der Waals surface area contributed by atoms with E-state index in [1.54, 1.807) is 14.0 Å². The second-order valence-corrected chi connectivity index (χ2v) is 6.51. The Balaban J connectivity index is 1.93. The lowest BCUT2D eigenvalue weighted by atomic mass is 10.2. The fraction of sp³-hybridized carbons (Fsp3) is 0.600. The summed E-state index contributed by atoms with van der Waals surface area (Å²) in [5.74, 6) is 1.89. The molecular weight excluding hydrogens is 344 g/mol. The summed E-state index contributed by atoms with van der Waals surface area (Å²) in [6.07, 6.45) is 0.871. The maximum atomic E-state index is 11.5. The summed E-state index contributed by atoms with van der Waals surface area (Å²) in [5.41, 5.74) is 1.11. The zero-order chi connectivity index (χ0) is 19.5. The van der Waals surface area contributed by atoms with Gasteiger partial charge in [-0.25, -0.2) is 4.99 Å². The maximum absolute atomic E-state index is 11.5. The van der Waals surface area contributed by atoms with Gasteiger partial charge in [-0.3, -0.25) is 4.79 Å². The van der Waals surface area contributed by atoms with E-state index in [2.05, 4.69) is 23.2 Å². The smallest absolute Gasteiger partial charge is 0.219 e. The monoisotopic (exact) mass is 376 g/mol. The van der Waals surface area contributed by atoms with Gasteiger partial charge in [-0.2, -0.15) is 0 Å². The Morgan fingerprint density at radius 3 is 2.59 bits per heavy atom. The zero-order valence-electron chi connectivity index (χ0n) is 16.7. The number of nitrogens with zero attached hydrogens (tertiary/aromatic N) is 3. The Kier molecular flexibility index (Phi) is 8.91. The molecule has 1 aromatic carbocycles. The molecule has 0 radical (unpaired) electrons. The van der Waals surface area contributed by atoms with Gasteiger partial charge in [0.05, 0.1) is 13.2 Å². The first kappa shape index (κ1) is 21.0. The van der Waals surface area contributed by atoms with Crippen LogP contribution in [0.2, 0.25) is 0 Å². The molecule has 2 rings (SSSR count). The van der Waals surface area contributed by atoms with Gasteiger partial charge in [0.2, 0.25) is 5.91 Å². The third-order valence-electron chi connectivity index (χ3n) is 4.43. The lowest BCUT2D eigenvalue weighted by Gasteiger charge is -2.36.